The number of rotatable bonds is 5. The molecule has 1 aromatic heterocycles. The van der Waals surface area contributed by atoms with Crippen molar-refractivity contribution in [2.75, 3.05) is 56.4 Å². The molecule has 11 nitrogen and oxygen atoms in total. The predicted molar refractivity (Wildman–Crippen MR) is 143 cm³/mol. The van der Waals surface area contributed by atoms with Crippen LogP contribution in [0.4, 0.5) is 16.2 Å². The van der Waals surface area contributed by atoms with E-state index < -0.39 is 6.09 Å². The molecule has 39 heavy (non-hydrogen) atoms. The number of hydrogen-bond donors (Lipinski definition) is 1. The smallest absolute Gasteiger partial charge is 0.417 e. The molecule has 11 heteroatoms. The first-order chi connectivity index (χ1) is 19.1. The Morgan fingerprint density at radius 3 is 2.67 bits per heavy atom. The van der Waals surface area contributed by atoms with Gasteiger partial charge in [0.1, 0.15) is 6.07 Å². The lowest BCUT2D eigenvalue weighted by atomic mass is 10.0. The summed E-state index contributed by atoms with van der Waals surface area (Å²) in [6.07, 6.45) is 2.93. The molecular weight excluding hydrogens is 500 g/mol. The first-order valence-electron chi connectivity index (χ1n) is 13.1. The van der Waals surface area contributed by atoms with E-state index in [-0.39, 0.29) is 6.79 Å². The summed E-state index contributed by atoms with van der Waals surface area (Å²) in [5, 5.41) is 16.9. The maximum absolute atomic E-state index is 12.7. The molecule has 202 valence electrons. The Bertz CT molecular complexity index is 1400. The summed E-state index contributed by atoms with van der Waals surface area (Å²) >= 11 is 0. The number of fused-ring (bicyclic) bond motifs is 1. The van der Waals surface area contributed by atoms with E-state index in [0.717, 1.165) is 63.6 Å². The zero-order valence-electron chi connectivity index (χ0n) is 21.8. The number of nitrogens with zero attached hydrogens (tertiary/aromatic N) is 5. The molecule has 0 atom stereocenters. The number of nitriles is 1. The molecule has 0 saturated carbocycles. The number of morpholine rings is 1. The summed E-state index contributed by atoms with van der Waals surface area (Å²) in [5.41, 5.74) is 3.30. The predicted octanol–water partition coefficient (Wildman–Crippen LogP) is 3.69. The van der Waals surface area contributed by atoms with E-state index in [4.69, 9.17) is 18.9 Å². The van der Waals surface area contributed by atoms with Crippen LogP contribution in [-0.4, -0.2) is 73.0 Å². The average molecular weight is 531 g/mol. The van der Waals surface area contributed by atoms with Crippen LogP contribution in [0.2, 0.25) is 0 Å². The van der Waals surface area contributed by atoms with Gasteiger partial charge < -0.3 is 23.8 Å². The molecule has 3 aliphatic heterocycles. The summed E-state index contributed by atoms with van der Waals surface area (Å²) in [7, 11) is 0. The highest BCUT2D eigenvalue weighted by molar-refractivity contribution is 5.87. The van der Waals surface area contributed by atoms with Crippen LogP contribution in [0, 0.1) is 18.3 Å². The second kappa shape index (κ2) is 10.8. The number of amides is 1. The molecule has 1 N–H and O–H groups in total. The van der Waals surface area contributed by atoms with Gasteiger partial charge in [-0.25, -0.2) is 9.48 Å². The van der Waals surface area contributed by atoms with Crippen LogP contribution in [0.5, 0.6) is 17.2 Å². The summed E-state index contributed by atoms with van der Waals surface area (Å²) in [4.78, 5) is 17.5. The second-order valence-corrected chi connectivity index (χ2v) is 9.77. The first kappa shape index (κ1) is 25.0. The van der Waals surface area contributed by atoms with E-state index in [1.54, 1.807) is 16.8 Å². The SMILES string of the molecule is Cc1c(OC(=O)Nc2ccc(N3CCC(N4CCOCC4)CC3)c(C#N)c2)cnn1-c1ccc2c(c1)OCO2. The monoisotopic (exact) mass is 530 g/mol. The molecule has 3 aliphatic rings. The van der Waals surface area contributed by atoms with Gasteiger partial charge in [0.15, 0.2) is 17.2 Å². The quantitative estimate of drug-likeness (QED) is 0.527. The van der Waals surface area contributed by atoms with Crippen molar-refractivity contribution in [3.8, 4) is 29.0 Å². The van der Waals surface area contributed by atoms with Gasteiger partial charge in [-0.3, -0.25) is 10.2 Å². The van der Waals surface area contributed by atoms with Gasteiger partial charge in [-0.1, -0.05) is 0 Å². The number of ether oxygens (including phenoxy) is 4. The van der Waals surface area contributed by atoms with E-state index >= 15 is 0 Å². The van der Waals surface area contributed by atoms with Crippen LogP contribution < -0.4 is 24.4 Å². The molecule has 2 aromatic carbocycles. The summed E-state index contributed by atoms with van der Waals surface area (Å²) in [6, 6.07) is 13.7. The third kappa shape index (κ3) is 5.21. The number of carbonyl (C=O) groups is 1. The van der Waals surface area contributed by atoms with E-state index in [1.165, 1.54) is 6.20 Å². The fourth-order valence-corrected chi connectivity index (χ4v) is 5.41. The van der Waals surface area contributed by atoms with E-state index in [9.17, 15) is 10.1 Å². The van der Waals surface area contributed by atoms with Crippen molar-refractivity contribution < 1.29 is 23.7 Å². The third-order valence-electron chi connectivity index (χ3n) is 7.50. The lowest BCUT2D eigenvalue weighted by molar-refractivity contribution is 0.0115. The number of piperidine rings is 1. The molecule has 6 rings (SSSR count). The molecule has 0 radical (unpaired) electrons. The van der Waals surface area contributed by atoms with Gasteiger partial charge >= 0.3 is 6.09 Å². The maximum Gasteiger partial charge on any atom is 0.417 e. The van der Waals surface area contributed by atoms with Gasteiger partial charge in [0.2, 0.25) is 6.79 Å². The lowest BCUT2D eigenvalue weighted by Gasteiger charge is -2.41. The normalized spacial score (nSPS) is 17.6. The number of carbonyl (C=O) groups excluding carboxylic acids is 1. The van der Waals surface area contributed by atoms with Crippen molar-refractivity contribution >= 4 is 17.5 Å². The average Bonchev–Trinajstić information content (AvgIpc) is 3.59. The molecule has 0 unspecified atom stereocenters. The Hall–Kier alpha value is -4.27. The highest BCUT2D eigenvalue weighted by Gasteiger charge is 2.27. The molecular formula is C28H30N6O5. The van der Waals surface area contributed by atoms with Crippen molar-refractivity contribution in [1.82, 2.24) is 14.7 Å². The third-order valence-corrected chi connectivity index (χ3v) is 7.50. The van der Waals surface area contributed by atoms with Gasteiger partial charge in [-0.05, 0) is 50.1 Å². The summed E-state index contributed by atoms with van der Waals surface area (Å²) < 4.78 is 23.5. The first-order valence-corrected chi connectivity index (χ1v) is 13.1. The highest BCUT2D eigenvalue weighted by atomic mass is 16.7. The number of aromatic nitrogens is 2. The van der Waals surface area contributed by atoms with Crippen molar-refractivity contribution in [2.45, 2.75) is 25.8 Å². The van der Waals surface area contributed by atoms with Crippen molar-refractivity contribution in [1.29, 1.82) is 5.26 Å². The van der Waals surface area contributed by atoms with E-state index in [2.05, 4.69) is 26.3 Å². The topological polar surface area (TPSA) is 114 Å². The van der Waals surface area contributed by atoms with E-state index in [1.807, 2.05) is 31.2 Å². The van der Waals surface area contributed by atoms with Crippen LogP contribution in [0.25, 0.3) is 5.69 Å². The van der Waals surface area contributed by atoms with Gasteiger partial charge in [-0.15, -0.1) is 0 Å². The lowest BCUT2D eigenvalue weighted by Crippen LogP contribution is -2.49. The molecule has 0 bridgehead atoms. The largest absolute Gasteiger partial charge is 0.454 e. The Morgan fingerprint density at radius 2 is 1.87 bits per heavy atom. The number of hydrogen-bond acceptors (Lipinski definition) is 9. The molecule has 0 spiro atoms. The van der Waals surface area contributed by atoms with Gasteiger partial charge in [0.25, 0.3) is 0 Å². The van der Waals surface area contributed by atoms with Crippen LogP contribution in [0.15, 0.2) is 42.6 Å². The highest BCUT2D eigenvalue weighted by Crippen LogP contribution is 2.34. The minimum absolute atomic E-state index is 0.188. The number of benzene rings is 2. The van der Waals surface area contributed by atoms with Crippen LogP contribution >= 0.6 is 0 Å². The minimum Gasteiger partial charge on any atom is -0.454 e. The Morgan fingerprint density at radius 1 is 1.08 bits per heavy atom. The Balaban J connectivity index is 1.08. The van der Waals surface area contributed by atoms with Crippen LogP contribution in [0.3, 0.4) is 0 Å². The second-order valence-electron chi connectivity index (χ2n) is 9.77. The van der Waals surface area contributed by atoms with Gasteiger partial charge in [0, 0.05) is 44.0 Å². The molecule has 3 aromatic rings. The zero-order valence-corrected chi connectivity index (χ0v) is 21.8. The van der Waals surface area contributed by atoms with Crippen LogP contribution in [0.1, 0.15) is 24.1 Å². The van der Waals surface area contributed by atoms with Crippen molar-refractivity contribution in [3.63, 3.8) is 0 Å². The van der Waals surface area contributed by atoms with Crippen LogP contribution in [-0.2, 0) is 4.74 Å². The molecule has 0 aliphatic carbocycles. The summed E-state index contributed by atoms with van der Waals surface area (Å²) in [5.74, 6) is 1.64. The van der Waals surface area contributed by atoms with Gasteiger partial charge in [-0.2, -0.15) is 10.4 Å². The fraction of sp³-hybridized carbons (Fsp3) is 0.393. The van der Waals surface area contributed by atoms with Crippen molar-refractivity contribution in [2.24, 2.45) is 0 Å². The minimum atomic E-state index is -0.661. The zero-order chi connectivity index (χ0) is 26.8. The summed E-state index contributed by atoms with van der Waals surface area (Å²) in [6.45, 7) is 7.36. The maximum atomic E-state index is 12.7. The van der Waals surface area contributed by atoms with Gasteiger partial charge in [0.05, 0.1) is 42.0 Å². The Labute approximate surface area is 226 Å². The molecule has 2 saturated heterocycles. The van der Waals surface area contributed by atoms with Crippen molar-refractivity contribution in [3.05, 3.63) is 53.9 Å². The molecule has 4 heterocycles. The number of anilines is 2. The Kier molecular flexibility index (Phi) is 6.96. The number of nitrogens with one attached hydrogen (secondary N) is 1. The van der Waals surface area contributed by atoms with E-state index in [0.29, 0.717) is 40.2 Å². The fourth-order valence-electron chi connectivity index (χ4n) is 5.41. The molecule has 2 fully saturated rings. The standard InChI is InChI=1S/C28H30N6O5/c1-19-27(17-30-34(19)23-3-5-25-26(15-23)38-18-37-25)39-28(35)31-21-2-4-24(20(14-21)16-29)33-8-6-22(7-9-33)32-10-12-36-13-11-32/h2-5,14-15,17,22H,6-13,18H2,1H3,(H,31,35). The molecule has 1 amide bonds.